The maximum Gasteiger partial charge on any atom is 0.433 e. The molecule has 0 unspecified atom stereocenters. The minimum absolute atomic E-state index is 0.119. The predicted octanol–water partition coefficient (Wildman–Crippen LogP) is 4.40. The summed E-state index contributed by atoms with van der Waals surface area (Å²) in [4.78, 5) is 18.8. The number of carbonyl (C=O) groups is 1. The van der Waals surface area contributed by atoms with E-state index >= 15 is 0 Å². The Morgan fingerprint density at radius 2 is 1.97 bits per heavy atom. The van der Waals surface area contributed by atoms with Gasteiger partial charge in [-0.2, -0.15) is 18.3 Å². The van der Waals surface area contributed by atoms with Crippen molar-refractivity contribution >= 4 is 28.2 Å². The molecule has 2 bridgehead atoms. The summed E-state index contributed by atoms with van der Waals surface area (Å²) >= 11 is 0. The highest BCUT2D eigenvalue weighted by atomic mass is 19.4. The number of nitrogens with one attached hydrogen (secondary N) is 1. The molecule has 2 atom stereocenters. The van der Waals surface area contributed by atoms with Crippen molar-refractivity contribution in [2.45, 2.75) is 56.5 Å². The first-order valence-corrected chi connectivity index (χ1v) is 12.7. The summed E-state index contributed by atoms with van der Waals surface area (Å²) in [6.07, 6.45) is 2.10. The van der Waals surface area contributed by atoms with Gasteiger partial charge >= 0.3 is 6.18 Å². The maximum atomic E-state index is 13.2. The number of nitrogens with zero attached hydrogens (tertiary/aromatic N) is 4. The van der Waals surface area contributed by atoms with Gasteiger partial charge < -0.3 is 20.1 Å². The normalized spacial score (nSPS) is 25.7. The highest BCUT2D eigenvalue weighted by Gasteiger charge is 2.40. The first-order valence-electron chi connectivity index (χ1n) is 12.7. The van der Waals surface area contributed by atoms with Gasteiger partial charge in [-0.05, 0) is 62.3 Å². The molecule has 11 heteroatoms. The van der Waals surface area contributed by atoms with Crippen molar-refractivity contribution in [3.8, 4) is 0 Å². The fourth-order valence-electron chi connectivity index (χ4n) is 5.80. The molecule has 1 amide bonds. The summed E-state index contributed by atoms with van der Waals surface area (Å²) < 4.78 is 47.2. The van der Waals surface area contributed by atoms with Crippen LogP contribution >= 0.6 is 0 Å². The third kappa shape index (κ3) is 4.66. The Bertz CT molecular complexity index is 1320. The number of pyridine rings is 1. The zero-order valence-corrected chi connectivity index (χ0v) is 20.1. The summed E-state index contributed by atoms with van der Waals surface area (Å²) in [5, 5.41) is 17.9. The number of hydrogen-bond acceptors (Lipinski definition) is 6. The molecule has 1 saturated carbocycles. The van der Waals surface area contributed by atoms with E-state index in [4.69, 9.17) is 9.84 Å². The van der Waals surface area contributed by atoms with Gasteiger partial charge in [0.2, 0.25) is 0 Å². The molecular formula is C26H28F3N5O3. The Labute approximate surface area is 211 Å². The van der Waals surface area contributed by atoms with Gasteiger partial charge in [-0.25, -0.2) is 4.98 Å². The van der Waals surface area contributed by atoms with Gasteiger partial charge in [0.05, 0.1) is 41.7 Å². The third-order valence-electron chi connectivity index (χ3n) is 7.82. The van der Waals surface area contributed by atoms with Crippen molar-refractivity contribution in [1.29, 1.82) is 0 Å². The molecule has 3 aromatic rings. The lowest BCUT2D eigenvalue weighted by Crippen LogP contribution is -2.37. The van der Waals surface area contributed by atoms with Crippen LogP contribution in [0.2, 0.25) is 0 Å². The van der Waals surface area contributed by atoms with Crippen LogP contribution in [-0.2, 0) is 10.9 Å². The van der Waals surface area contributed by atoms with Crippen molar-refractivity contribution in [3.05, 3.63) is 47.9 Å². The molecule has 2 saturated heterocycles. The number of halogens is 3. The van der Waals surface area contributed by atoms with E-state index in [2.05, 4.69) is 15.2 Å². The summed E-state index contributed by atoms with van der Waals surface area (Å²) in [5.41, 5.74) is 0.661. The highest BCUT2D eigenvalue weighted by Crippen LogP contribution is 2.40. The van der Waals surface area contributed by atoms with Crippen molar-refractivity contribution in [3.63, 3.8) is 0 Å². The largest absolute Gasteiger partial charge is 0.433 e. The molecule has 6 rings (SSSR count). The molecule has 1 aromatic carbocycles. The van der Waals surface area contributed by atoms with Crippen molar-refractivity contribution in [2.24, 2.45) is 5.92 Å². The number of hydrogen-bond donors (Lipinski definition) is 2. The molecule has 2 aliphatic heterocycles. The average Bonchev–Trinajstić information content (AvgIpc) is 3.63. The van der Waals surface area contributed by atoms with Gasteiger partial charge in [-0.15, -0.1) is 0 Å². The maximum absolute atomic E-state index is 13.2. The quantitative estimate of drug-likeness (QED) is 0.523. The molecule has 2 aromatic heterocycles. The van der Waals surface area contributed by atoms with Crippen LogP contribution in [0.15, 0.2) is 36.5 Å². The summed E-state index contributed by atoms with van der Waals surface area (Å²) in [7, 11) is 0. The second kappa shape index (κ2) is 9.29. The smallest absolute Gasteiger partial charge is 0.396 e. The van der Waals surface area contributed by atoms with E-state index in [0.29, 0.717) is 24.8 Å². The number of ether oxygens (including phenoxy) is 1. The number of rotatable bonds is 5. The Hall–Kier alpha value is -3.18. The Morgan fingerprint density at radius 3 is 2.65 bits per heavy atom. The van der Waals surface area contributed by atoms with Crippen LogP contribution in [0.4, 0.5) is 24.5 Å². The van der Waals surface area contributed by atoms with Crippen LogP contribution < -0.4 is 10.2 Å². The number of aliphatic hydroxyl groups is 1. The molecule has 196 valence electrons. The summed E-state index contributed by atoms with van der Waals surface area (Å²) in [6.45, 7) is 1.48. The van der Waals surface area contributed by atoms with Gasteiger partial charge in [-0.1, -0.05) is 6.07 Å². The number of anilines is 2. The number of morpholine rings is 1. The van der Waals surface area contributed by atoms with Gasteiger partial charge in [0.15, 0.2) is 0 Å². The van der Waals surface area contributed by atoms with Gasteiger partial charge in [0.25, 0.3) is 5.91 Å². The molecule has 1 aliphatic carbocycles. The van der Waals surface area contributed by atoms with E-state index in [1.165, 1.54) is 12.1 Å². The number of amides is 1. The molecule has 3 aliphatic rings. The van der Waals surface area contributed by atoms with Crippen LogP contribution in [0, 0.1) is 5.92 Å². The minimum Gasteiger partial charge on any atom is -0.396 e. The van der Waals surface area contributed by atoms with E-state index in [9.17, 15) is 23.1 Å². The third-order valence-corrected chi connectivity index (χ3v) is 7.82. The molecule has 0 radical (unpaired) electrons. The van der Waals surface area contributed by atoms with Crippen LogP contribution in [-0.4, -0.2) is 57.7 Å². The molecular weight excluding hydrogens is 487 g/mol. The lowest BCUT2D eigenvalue weighted by molar-refractivity contribution is -0.141. The SMILES string of the molecule is O=C(Nc1cc2cn(C3CCC(CO)CC3)nc2cc1N1C[C@@H]2C[C@H]1CO2)c1cccc(C(F)(F)F)n1. The van der Waals surface area contributed by atoms with E-state index in [1.807, 2.05) is 23.0 Å². The number of alkyl halides is 3. The van der Waals surface area contributed by atoms with Crippen LogP contribution in [0.5, 0.6) is 0 Å². The first-order chi connectivity index (χ1) is 17.8. The van der Waals surface area contributed by atoms with E-state index < -0.39 is 17.8 Å². The van der Waals surface area contributed by atoms with Gasteiger partial charge in [-0.3, -0.25) is 9.48 Å². The average molecular weight is 516 g/mol. The Kier molecular flexibility index (Phi) is 6.07. The van der Waals surface area contributed by atoms with Crippen LogP contribution in [0.25, 0.3) is 10.9 Å². The van der Waals surface area contributed by atoms with Gasteiger partial charge in [0, 0.05) is 24.7 Å². The molecule has 37 heavy (non-hydrogen) atoms. The number of fused-ring (bicyclic) bond motifs is 3. The standard InChI is InChI=1S/C26H28F3N5O3/c27-26(28,29)24-3-1-2-20(30-24)25(36)31-22-8-16-11-34(17-6-4-15(13-35)5-7-17)32-21(16)10-23(22)33-12-19-9-18(33)14-37-19/h1-3,8,10-11,15,17-19,35H,4-7,9,12-14H2,(H,31,36)/t15?,17?,18-,19-/m0/s1. The zero-order valence-electron chi connectivity index (χ0n) is 20.1. The highest BCUT2D eigenvalue weighted by molar-refractivity contribution is 6.06. The fourth-order valence-corrected chi connectivity index (χ4v) is 5.80. The summed E-state index contributed by atoms with van der Waals surface area (Å²) in [6, 6.07) is 7.49. The lowest BCUT2D eigenvalue weighted by atomic mass is 9.87. The summed E-state index contributed by atoms with van der Waals surface area (Å²) in [5.74, 6) is -0.367. The van der Waals surface area contributed by atoms with Crippen molar-refractivity contribution in [1.82, 2.24) is 14.8 Å². The van der Waals surface area contributed by atoms with Gasteiger partial charge in [0.1, 0.15) is 11.4 Å². The van der Waals surface area contributed by atoms with E-state index in [0.717, 1.165) is 54.8 Å². The predicted molar refractivity (Wildman–Crippen MR) is 130 cm³/mol. The molecule has 3 fully saturated rings. The molecule has 8 nitrogen and oxygen atoms in total. The molecule has 0 spiro atoms. The second-order valence-corrected chi connectivity index (χ2v) is 10.3. The topological polar surface area (TPSA) is 92.5 Å². The van der Waals surface area contributed by atoms with Crippen molar-refractivity contribution < 1.29 is 27.8 Å². The number of aliphatic hydroxyl groups excluding tert-OH is 1. The second-order valence-electron chi connectivity index (χ2n) is 10.3. The van der Waals surface area contributed by atoms with Crippen molar-refractivity contribution in [2.75, 3.05) is 30.0 Å². The number of aromatic nitrogens is 3. The molecule has 4 heterocycles. The monoisotopic (exact) mass is 515 g/mol. The molecule has 2 N–H and O–H groups in total. The van der Waals surface area contributed by atoms with Crippen LogP contribution in [0.3, 0.4) is 0 Å². The minimum atomic E-state index is -4.64. The Balaban J connectivity index is 1.33. The lowest BCUT2D eigenvalue weighted by Gasteiger charge is -2.30. The number of benzene rings is 1. The fraction of sp³-hybridized carbons (Fsp3) is 0.500. The zero-order chi connectivity index (χ0) is 25.7. The first kappa shape index (κ1) is 24.2. The van der Waals surface area contributed by atoms with E-state index in [1.54, 1.807) is 0 Å². The van der Waals surface area contributed by atoms with E-state index in [-0.39, 0.29) is 30.5 Å². The number of carbonyl (C=O) groups excluding carboxylic acids is 1. The van der Waals surface area contributed by atoms with Crippen LogP contribution in [0.1, 0.15) is 54.3 Å². The Morgan fingerprint density at radius 1 is 1.16 bits per heavy atom.